The van der Waals surface area contributed by atoms with E-state index in [0.717, 1.165) is 18.6 Å². The summed E-state index contributed by atoms with van der Waals surface area (Å²) in [5, 5.41) is -0.0146. The number of hydrogen-bond acceptors (Lipinski definition) is 4. The molecular weight excluding hydrogens is 252 g/mol. The van der Waals surface area contributed by atoms with E-state index in [1.807, 2.05) is 6.92 Å². The second-order valence-corrected chi connectivity index (χ2v) is 5.52. The van der Waals surface area contributed by atoms with Gasteiger partial charge in [-0.3, -0.25) is 19.5 Å². The van der Waals surface area contributed by atoms with Crippen molar-refractivity contribution in [1.82, 2.24) is 4.90 Å². The van der Waals surface area contributed by atoms with Gasteiger partial charge in [0.1, 0.15) is 0 Å². The largest absolute Gasteiger partial charge is 0.370 e. The van der Waals surface area contributed by atoms with Crippen molar-refractivity contribution < 1.29 is 9.59 Å². The lowest BCUT2D eigenvalue weighted by molar-refractivity contribution is -0.160. The van der Waals surface area contributed by atoms with Crippen LogP contribution in [0.25, 0.3) is 0 Å². The van der Waals surface area contributed by atoms with Crippen LogP contribution in [0.2, 0.25) is 0 Å². The van der Waals surface area contributed by atoms with Crippen LogP contribution in [0, 0.1) is 5.92 Å². The molecule has 2 atom stereocenters. The topological polar surface area (TPSA) is 102 Å². The fourth-order valence-corrected chi connectivity index (χ4v) is 3.23. The van der Waals surface area contributed by atoms with Crippen molar-refractivity contribution in [1.29, 1.82) is 0 Å². The molecule has 1 aliphatic rings. The van der Waals surface area contributed by atoms with E-state index in [2.05, 4.69) is 4.99 Å². The van der Waals surface area contributed by atoms with Gasteiger partial charge in [-0.25, -0.2) is 0 Å². The van der Waals surface area contributed by atoms with Gasteiger partial charge in [0.2, 0.25) is 11.8 Å². The van der Waals surface area contributed by atoms with Gasteiger partial charge in [0.05, 0.1) is 11.3 Å². The van der Waals surface area contributed by atoms with Crippen molar-refractivity contribution in [3.05, 3.63) is 0 Å². The van der Waals surface area contributed by atoms with Gasteiger partial charge in [-0.05, 0) is 18.6 Å². The van der Waals surface area contributed by atoms with Crippen molar-refractivity contribution in [3.63, 3.8) is 0 Å². The quantitative estimate of drug-likeness (QED) is 0.309. The summed E-state index contributed by atoms with van der Waals surface area (Å²) in [6, 6.07) is 0. The molecular formula is C11H20N4O2S. The van der Waals surface area contributed by atoms with E-state index in [1.165, 1.54) is 11.8 Å². The molecule has 1 aliphatic heterocycles. The number of nitrogens with zero attached hydrogens (tertiary/aromatic N) is 2. The Labute approximate surface area is 111 Å². The summed E-state index contributed by atoms with van der Waals surface area (Å²) in [7, 11) is 0. The van der Waals surface area contributed by atoms with Crippen LogP contribution >= 0.6 is 11.8 Å². The number of β-lactam (4-membered cyclic amide) rings is 1. The van der Waals surface area contributed by atoms with Crippen molar-refractivity contribution in [2.75, 3.05) is 12.3 Å². The minimum atomic E-state index is -0.175. The Kier molecular flexibility index (Phi) is 5.46. The molecule has 102 valence electrons. The summed E-state index contributed by atoms with van der Waals surface area (Å²) in [6.07, 6.45) is 1.47. The minimum Gasteiger partial charge on any atom is -0.370 e. The zero-order valence-electron chi connectivity index (χ0n) is 10.8. The fourth-order valence-electron chi connectivity index (χ4n) is 2.01. The van der Waals surface area contributed by atoms with Crippen molar-refractivity contribution in [2.24, 2.45) is 22.4 Å². The molecule has 6 nitrogen and oxygen atoms in total. The molecule has 0 aliphatic carbocycles. The van der Waals surface area contributed by atoms with Gasteiger partial charge >= 0.3 is 0 Å². The second-order valence-electron chi connectivity index (χ2n) is 4.13. The van der Waals surface area contributed by atoms with Crippen molar-refractivity contribution >= 4 is 29.5 Å². The Hall–Kier alpha value is -1.24. The standard InChI is InChI=1S/C11H20N4O2S/c1-3-18-10-8(5-4-6-14-11(12)13)9(17)15(10)7(2)16/h8,10H,3-6H2,1-2H3,(H4,12,13,14)/t8-,10+/m1/s1. The maximum absolute atomic E-state index is 11.8. The number of nitrogens with two attached hydrogens (primary N) is 2. The highest BCUT2D eigenvalue weighted by Gasteiger charge is 2.48. The van der Waals surface area contributed by atoms with E-state index in [9.17, 15) is 9.59 Å². The Morgan fingerprint density at radius 2 is 2.17 bits per heavy atom. The normalized spacial score (nSPS) is 22.6. The maximum atomic E-state index is 11.8. The number of aliphatic imine (C=N–C) groups is 1. The first kappa shape index (κ1) is 14.8. The summed E-state index contributed by atoms with van der Waals surface area (Å²) in [5.41, 5.74) is 10.4. The van der Waals surface area contributed by atoms with Gasteiger partial charge in [0, 0.05) is 13.5 Å². The molecule has 0 aromatic heterocycles. The van der Waals surface area contributed by atoms with Crippen LogP contribution in [-0.4, -0.2) is 40.3 Å². The third-order valence-corrected chi connectivity index (χ3v) is 4.01. The van der Waals surface area contributed by atoms with E-state index in [4.69, 9.17) is 11.5 Å². The number of likely N-dealkylation sites (tertiary alicyclic amines) is 1. The Morgan fingerprint density at radius 3 is 2.67 bits per heavy atom. The second kappa shape index (κ2) is 6.63. The number of rotatable bonds is 6. The average molecular weight is 272 g/mol. The van der Waals surface area contributed by atoms with Crippen LogP contribution < -0.4 is 11.5 Å². The fraction of sp³-hybridized carbons (Fsp3) is 0.727. The van der Waals surface area contributed by atoms with Crippen LogP contribution in [0.15, 0.2) is 4.99 Å². The molecule has 0 aromatic rings. The van der Waals surface area contributed by atoms with Gasteiger partial charge in [-0.15, -0.1) is 11.8 Å². The number of hydrogen-bond donors (Lipinski definition) is 2. The predicted molar refractivity (Wildman–Crippen MR) is 72.8 cm³/mol. The minimum absolute atomic E-state index is 0.0146. The van der Waals surface area contributed by atoms with E-state index >= 15 is 0 Å². The number of amides is 2. The maximum Gasteiger partial charge on any atom is 0.236 e. The molecule has 0 bridgehead atoms. The number of guanidine groups is 1. The van der Waals surface area contributed by atoms with Gasteiger partial charge in [-0.1, -0.05) is 6.92 Å². The molecule has 0 aromatic carbocycles. The van der Waals surface area contributed by atoms with E-state index in [1.54, 1.807) is 11.8 Å². The average Bonchev–Trinajstić information content (AvgIpc) is 2.27. The van der Waals surface area contributed by atoms with Gasteiger partial charge in [0.25, 0.3) is 0 Å². The Bertz CT molecular complexity index is 355. The SMILES string of the molecule is CCS[C@H]1[C@H](CCCN=C(N)N)C(=O)N1C(C)=O. The lowest BCUT2D eigenvalue weighted by Crippen LogP contribution is -2.61. The van der Waals surface area contributed by atoms with Gasteiger partial charge in [-0.2, -0.15) is 0 Å². The van der Waals surface area contributed by atoms with Crippen molar-refractivity contribution in [2.45, 2.75) is 32.1 Å². The Balaban J connectivity index is 2.47. The third-order valence-electron chi connectivity index (χ3n) is 2.80. The molecule has 4 N–H and O–H groups in total. The lowest BCUT2D eigenvalue weighted by atomic mass is 9.93. The molecule has 0 radical (unpaired) electrons. The summed E-state index contributed by atoms with van der Waals surface area (Å²) < 4.78 is 0. The number of carbonyl (C=O) groups excluding carboxylic acids is 2. The summed E-state index contributed by atoms with van der Waals surface area (Å²) in [6.45, 7) is 3.97. The first-order valence-electron chi connectivity index (χ1n) is 5.99. The van der Waals surface area contributed by atoms with Gasteiger partial charge < -0.3 is 11.5 Å². The first-order chi connectivity index (χ1) is 8.49. The van der Waals surface area contributed by atoms with E-state index < -0.39 is 0 Å². The van der Waals surface area contributed by atoms with Crippen LogP contribution in [0.3, 0.4) is 0 Å². The summed E-state index contributed by atoms with van der Waals surface area (Å²) in [4.78, 5) is 28.4. The molecule has 0 spiro atoms. The molecule has 0 unspecified atom stereocenters. The molecule has 1 fully saturated rings. The monoisotopic (exact) mass is 272 g/mol. The molecule has 2 amide bonds. The van der Waals surface area contributed by atoms with Crippen LogP contribution in [0.5, 0.6) is 0 Å². The summed E-state index contributed by atoms with van der Waals surface area (Å²) >= 11 is 1.63. The number of thioether (sulfide) groups is 1. The van der Waals surface area contributed by atoms with Gasteiger partial charge in [0.15, 0.2) is 5.96 Å². The highest BCUT2D eigenvalue weighted by Crippen LogP contribution is 2.37. The van der Waals surface area contributed by atoms with E-state index in [0.29, 0.717) is 6.54 Å². The third kappa shape index (κ3) is 3.38. The lowest BCUT2D eigenvalue weighted by Gasteiger charge is -2.44. The Morgan fingerprint density at radius 1 is 1.50 bits per heavy atom. The van der Waals surface area contributed by atoms with Crippen LogP contribution in [0.4, 0.5) is 0 Å². The molecule has 7 heteroatoms. The molecule has 1 saturated heterocycles. The number of imide groups is 1. The summed E-state index contributed by atoms with van der Waals surface area (Å²) in [5.74, 6) is 0.629. The first-order valence-corrected chi connectivity index (χ1v) is 7.04. The molecule has 18 heavy (non-hydrogen) atoms. The zero-order valence-corrected chi connectivity index (χ0v) is 11.6. The molecule has 0 saturated carbocycles. The smallest absolute Gasteiger partial charge is 0.236 e. The predicted octanol–water partition coefficient (Wildman–Crippen LogP) is 0.124. The number of carbonyl (C=O) groups is 2. The molecule has 1 rings (SSSR count). The highest BCUT2D eigenvalue weighted by molar-refractivity contribution is 8.00. The van der Waals surface area contributed by atoms with Crippen LogP contribution in [-0.2, 0) is 9.59 Å². The zero-order chi connectivity index (χ0) is 13.7. The van der Waals surface area contributed by atoms with E-state index in [-0.39, 0.29) is 29.1 Å². The van der Waals surface area contributed by atoms with Crippen LogP contribution in [0.1, 0.15) is 26.7 Å². The highest BCUT2D eigenvalue weighted by atomic mass is 32.2. The molecule has 1 heterocycles. The van der Waals surface area contributed by atoms with Crippen molar-refractivity contribution in [3.8, 4) is 0 Å².